The van der Waals surface area contributed by atoms with Gasteiger partial charge in [-0.25, -0.2) is 9.97 Å². The number of aromatic nitrogens is 3. The smallest absolute Gasteiger partial charge is 0.254 e. The van der Waals surface area contributed by atoms with Gasteiger partial charge in [-0.1, -0.05) is 0 Å². The van der Waals surface area contributed by atoms with Crippen molar-refractivity contribution >= 4 is 5.91 Å². The Morgan fingerprint density at radius 1 is 1.12 bits per heavy atom. The Bertz CT molecular complexity index is 679. The molecule has 1 aliphatic carbocycles. The number of carbonyl (C=O) groups excluding carboxylic acids is 1. The van der Waals surface area contributed by atoms with E-state index in [1.807, 2.05) is 12.1 Å². The average molecular weight is 339 g/mol. The summed E-state index contributed by atoms with van der Waals surface area (Å²) in [7, 11) is 4.28. The van der Waals surface area contributed by atoms with Crippen molar-refractivity contribution in [2.45, 2.75) is 31.7 Å². The van der Waals surface area contributed by atoms with E-state index in [1.165, 1.54) is 25.7 Å². The second-order valence-electron chi connectivity index (χ2n) is 6.88. The Labute approximate surface area is 148 Å². The lowest BCUT2D eigenvalue weighted by Gasteiger charge is -2.32. The third-order valence-corrected chi connectivity index (χ3v) is 4.95. The lowest BCUT2D eigenvalue weighted by molar-refractivity contribution is 0.0938. The standard InChI is InChI=1S/C19H25N5O/c1-24(2)17-5-3-14(4-6-17)11-23-19(25)16-12-21-18(22-13-16)15-7-9-20-10-8-15/h7-10,12-14,17H,3-6,11H2,1-2H3,(H,23,25). The summed E-state index contributed by atoms with van der Waals surface area (Å²) in [5.74, 6) is 1.06. The molecule has 0 bridgehead atoms. The van der Waals surface area contributed by atoms with Crippen molar-refractivity contribution in [3.8, 4) is 11.4 Å². The molecule has 0 radical (unpaired) electrons. The highest BCUT2D eigenvalue weighted by molar-refractivity contribution is 5.93. The molecule has 2 aromatic heterocycles. The van der Waals surface area contributed by atoms with Gasteiger partial charge in [0.1, 0.15) is 0 Å². The van der Waals surface area contributed by atoms with Gasteiger partial charge >= 0.3 is 0 Å². The SMILES string of the molecule is CN(C)C1CCC(CNC(=O)c2cnc(-c3ccncc3)nc2)CC1. The van der Waals surface area contributed by atoms with E-state index in [0.29, 0.717) is 23.3 Å². The summed E-state index contributed by atoms with van der Waals surface area (Å²) >= 11 is 0. The quantitative estimate of drug-likeness (QED) is 0.906. The number of hydrogen-bond donors (Lipinski definition) is 1. The summed E-state index contributed by atoms with van der Waals surface area (Å²) in [4.78, 5) is 27.2. The fourth-order valence-corrected chi connectivity index (χ4v) is 3.30. The molecule has 2 heterocycles. The largest absolute Gasteiger partial charge is 0.352 e. The zero-order valence-electron chi connectivity index (χ0n) is 14.9. The van der Waals surface area contributed by atoms with Crippen molar-refractivity contribution in [2.24, 2.45) is 5.92 Å². The molecule has 6 heteroatoms. The van der Waals surface area contributed by atoms with E-state index in [9.17, 15) is 4.79 Å². The Hall–Kier alpha value is -2.34. The molecule has 3 rings (SSSR count). The van der Waals surface area contributed by atoms with Gasteiger partial charge in [0.15, 0.2) is 5.82 Å². The number of hydrogen-bond acceptors (Lipinski definition) is 5. The van der Waals surface area contributed by atoms with E-state index in [2.05, 4.69) is 39.3 Å². The molecule has 2 aromatic rings. The second kappa shape index (κ2) is 8.16. The van der Waals surface area contributed by atoms with Gasteiger partial charge in [0.05, 0.1) is 5.56 Å². The number of amides is 1. The molecular weight excluding hydrogens is 314 g/mol. The molecule has 6 nitrogen and oxygen atoms in total. The van der Waals surface area contributed by atoms with E-state index < -0.39 is 0 Å². The number of rotatable bonds is 5. The predicted octanol–water partition coefficient (Wildman–Crippen LogP) is 2.39. The van der Waals surface area contributed by atoms with E-state index >= 15 is 0 Å². The molecule has 25 heavy (non-hydrogen) atoms. The molecule has 1 aliphatic rings. The molecule has 0 aromatic carbocycles. The molecule has 0 atom stereocenters. The Morgan fingerprint density at radius 2 is 1.76 bits per heavy atom. The highest BCUT2D eigenvalue weighted by atomic mass is 16.1. The monoisotopic (exact) mass is 339 g/mol. The highest BCUT2D eigenvalue weighted by Crippen LogP contribution is 2.26. The van der Waals surface area contributed by atoms with Crippen LogP contribution in [0.1, 0.15) is 36.0 Å². The average Bonchev–Trinajstić information content (AvgIpc) is 2.67. The first-order chi connectivity index (χ1) is 12.1. The molecule has 132 valence electrons. The minimum absolute atomic E-state index is 0.101. The lowest BCUT2D eigenvalue weighted by atomic mass is 9.85. The van der Waals surface area contributed by atoms with Crippen LogP contribution >= 0.6 is 0 Å². The van der Waals surface area contributed by atoms with E-state index in [1.54, 1.807) is 24.8 Å². The van der Waals surface area contributed by atoms with Crippen molar-refractivity contribution in [3.63, 3.8) is 0 Å². The molecule has 0 spiro atoms. The van der Waals surface area contributed by atoms with E-state index in [0.717, 1.165) is 12.1 Å². The van der Waals surface area contributed by atoms with Gasteiger partial charge in [-0.3, -0.25) is 9.78 Å². The van der Waals surface area contributed by atoms with Crippen LogP contribution in [0.5, 0.6) is 0 Å². The first-order valence-corrected chi connectivity index (χ1v) is 8.80. The molecule has 1 amide bonds. The molecule has 0 aliphatic heterocycles. The van der Waals surface area contributed by atoms with Crippen LogP contribution in [0, 0.1) is 5.92 Å². The maximum atomic E-state index is 12.3. The normalized spacial score (nSPS) is 20.4. The maximum Gasteiger partial charge on any atom is 0.254 e. The van der Waals surface area contributed by atoms with Gasteiger partial charge in [-0.2, -0.15) is 0 Å². The highest BCUT2D eigenvalue weighted by Gasteiger charge is 2.22. The fraction of sp³-hybridized carbons (Fsp3) is 0.474. The minimum atomic E-state index is -0.101. The summed E-state index contributed by atoms with van der Waals surface area (Å²) in [6, 6.07) is 4.37. The van der Waals surface area contributed by atoms with Crippen molar-refractivity contribution in [3.05, 3.63) is 42.5 Å². The van der Waals surface area contributed by atoms with Crippen LogP contribution < -0.4 is 5.32 Å². The fourth-order valence-electron chi connectivity index (χ4n) is 3.30. The second-order valence-corrected chi connectivity index (χ2v) is 6.88. The summed E-state index contributed by atoms with van der Waals surface area (Å²) in [5.41, 5.74) is 1.39. The van der Waals surface area contributed by atoms with Gasteiger partial charge < -0.3 is 10.2 Å². The third-order valence-electron chi connectivity index (χ3n) is 4.95. The summed E-state index contributed by atoms with van der Waals surface area (Å²) in [5, 5.41) is 3.03. The summed E-state index contributed by atoms with van der Waals surface area (Å²) < 4.78 is 0. The molecule has 0 unspecified atom stereocenters. The first-order valence-electron chi connectivity index (χ1n) is 8.80. The van der Waals surface area contributed by atoms with E-state index in [-0.39, 0.29) is 5.91 Å². The summed E-state index contributed by atoms with van der Waals surface area (Å²) in [6.07, 6.45) is 11.3. The molecule has 0 saturated heterocycles. The number of nitrogens with one attached hydrogen (secondary N) is 1. The summed E-state index contributed by atoms with van der Waals surface area (Å²) in [6.45, 7) is 0.727. The Balaban J connectivity index is 1.50. The third kappa shape index (κ3) is 4.60. The molecule has 1 N–H and O–H groups in total. The van der Waals surface area contributed by atoms with Crippen LogP contribution in [0.25, 0.3) is 11.4 Å². The Morgan fingerprint density at radius 3 is 2.36 bits per heavy atom. The van der Waals surface area contributed by atoms with E-state index in [4.69, 9.17) is 0 Å². The van der Waals surface area contributed by atoms with Gasteiger partial charge in [0, 0.05) is 42.9 Å². The van der Waals surface area contributed by atoms with Crippen LogP contribution in [-0.2, 0) is 0 Å². The van der Waals surface area contributed by atoms with Gasteiger partial charge in [-0.05, 0) is 57.8 Å². The van der Waals surface area contributed by atoms with Crippen LogP contribution in [0.4, 0.5) is 0 Å². The van der Waals surface area contributed by atoms with Crippen molar-refractivity contribution in [1.82, 2.24) is 25.2 Å². The predicted molar refractivity (Wildman–Crippen MR) is 97.0 cm³/mol. The van der Waals surface area contributed by atoms with Crippen molar-refractivity contribution in [1.29, 1.82) is 0 Å². The molecular formula is C19H25N5O. The number of pyridine rings is 1. The minimum Gasteiger partial charge on any atom is -0.352 e. The van der Waals surface area contributed by atoms with Crippen molar-refractivity contribution < 1.29 is 4.79 Å². The van der Waals surface area contributed by atoms with Crippen LogP contribution in [0.15, 0.2) is 36.9 Å². The van der Waals surface area contributed by atoms with Gasteiger partial charge in [-0.15, -0.1) is 0 Å². The number of carbonyl (C=O) groups is 1. The topological polar surface area (TPSA) is 71.0 Å². The van der Waals surface area contributed by atoms with Crippen LogP contribution in [0.2, 0.25) is 0 Å². The first kappa shape index (κ1) is 17.5. The number of nitrogens with zero attached hydrogens (tertiary/aromatic N) is 4. The zero-order valence-corrected chi connectivity index (χ0v) is 14.9. The van der Waals surface area contributed by atoms with Crippen LogP contribution in [-0.4, -0.2) is 52.4 Å². The van der Waals surface area contributed by atoms with Gasteiger partial charge in [0.2, 0.25) is 0 Å². The Kier molecular flexibility index (Phi) is 5.71. The maximum absolute atomic E-state index is 12.3. The molecule has 1 saturated carbocycles. The zero-order chi connectivity index (χ0) is 17.6. The van der Waals surface area contributed by atoms with Gasteiger partial charge in [0.25, 0.3) is 5.91 Å². The van der Waals surface area contributed by atoms with Crippen LogP contribution in [0.3, 0.4) is 0 Å². The molecule has 1 fully saturated rings. The lowest BCUT2D eigenvalue weighted by Crippen LogP contribution is -2.36. The van der Waals surface area contributed by atoms with Crippen molar-refractivity contribution in [2.75, 3.05) is 20.6 Å².